The summed E-state index contributed by atoms with van der Waals surface area (Å²) in [6.07, 6.45) is 4.02. The first-order chi connectivity index (χ1) is 12.4. The lowest BCUT2D eigenvalue weighted by Gasteiger charge is -2.19. The Bertz CT molecular complexity index is 729. The molecule has 2 amide bonds. The molecule has 2 heterocycles. The van der Waals surface area contributed by atoms with E-state index in [-0.39, 0.29) is 30.2 Å². The molecule has 8 nitrogen and oxygen atoms in total. The van der Waals surface area contributed by atoms with Gasteiger partial charge in [0, 0.05) is 23.9 Å². The lowest BCUT2D eigenvalue weighted by molar-refractivity contribution is -0.128. The molecule has 26 heavy (non-hydrogen) atoms. The highest BCUT2D eigenvalue weighted by molar-refractivity contribution is 5.85. The lowest BCUT2D eigenvalue weighted by atomic mass is 10.0. The summed E-state index contributed by atoms with van der Waals surface area (Å²) >= 11 is 0. The van der Waals surface area contributed by atoms with Crippen LogP contribution < -0.4 is 10.6 Å². The van der Waals surface area contributed by atoms with Crippen molar-refractivity contribution in [2.45, 2.75) is 40.2 Å². The van der Waals surface area contributed by atoms with Crippen LogP contribution in [-0.2, 0) is 9.59 Å². The third kappa shape index (κ3) is 5.11. The van der Waals surface area contributed by atoms with Gasteiger partial charge in [0.05, 0.1) is 6.54 Å². The molecule has 2 unspecified atom stereocenters. The van der Waals surface area contributed by atoms with Crippen molar-refractivity contribution >= 4 is 11.8 Å². The smallest absolute Gasteiger partial charge is 0.249 e. The standard InChI is InChI=1S/C18H25N5O3/c1-5-12(4)17(25)20-10-14(24)21-15(11(2)3)18-22-16(23-26-18)13-6-8-19-9-7-13/h6-9,11-12,15H,5,10H2,1-4H3,(H,20,25)(H,21,24). The largest absolute Gasteiger partial charge is 0.347 e. The molecular weight excluding hydrogens is 334 g/mol. The van der Waals surface area contributed by atoms with Crippen LogP contribution in [-0.4, -0.2) is 33.5 Å². The van der Waals surface area contributed by atoms with Gasteiger partial charge in [-0.1, -0.05) is 32.9 Å². The molecule has 0 bridgehead atoms. The number of carbonyl (C=O) groups excluding carboxylic acids is 2. The van der Waals surface area contributed by atoms with Crippen LogP contribution in [0.25, 0.3) is 11.4 Å². The Morgan fingerprint density at radius 1 is 1.19 bits per heavy atom. The minimum absolute atomic E-state index is 0.0370. The van der Waals surface area contributed by atoms with Gasteiger partial charge >= 0.3 is 0 Å². The van der Waals surface area contributed by atoms with Crippen molar-refractivity contribution in [1.29, 1.82) is 0 Å². The number of hydrogen-bond donors (Lipinski definition) is 2. The van der Waals surface area contributed by atoms with E-state index in [1.165, 1.54) is 0 Å². The number of hydrogen-bond acceptors (Lipinski definition) is 6. The number of nitrogens with zero attached hydrogens (tertiary/aromatic N) is 3. The summed E-state index contributed by atoms with van der Waals surface area (Å²) < 4.78 is 5.34. The van der Waals surface area contributed by atoms with Crippen molar-refractivity contribution < 1.29 is 14.1 Å². The molecule has 2 N–H and O–H groups in total. The number of rotatable bonds is 8. The van der Waals surface area contributed by atoms with Gasteiger partial charge in [0.15, 0.2) is 0 Å². The third-order valence-electron chi connectivity index (χ3n) is 4.11. The average molecular weight is 359 g/mol. The van der Waals surface area contributed by atoms with Gasteiger partial charge in [-0.25, -0.2) is 0 Å². The van der Waals surface area contributed by atoms with Crippen LogP contribution in [0, 0.1) is 11.8 Å². The Kier molecular flexibility index (Phi) is 6.82. The zero-order chi connectivity index (χ0) is 19.1. The summed E-state index contributed by atoms with van der Waals surface area (Å²) in [6, 6.07) is 3.12. The molecule has 0 spiro atoms. The van der Waals surface area contributed by atoms with E-state index in [0.29, 0.717) is 11.7 Å². The molecule has 0 aromatic carbocycles. The number of aromatic nitrogens is 3. The molecule has 140 valence electrons. The van der Waals surface area contributed by atoms with E-state index in [4.69, 9.17) is 4.52 Å². The molecule has 0 saturated carbocycles. The van der Waals surface area contributed by atoms with Crippen molar-refractivity contribution in [3.63, 3.8) is 0 Å². The maximum atomic E-state index is 12.2. The van der Waals surface area contributed by atoms with Crippen molar-refractivity contribution in [3.05, 3.63) is 30.4 Å². The molecule has 0 aliphatic rings. The van der Waals surface area contributed by atoms with E-state index < -0.39 is 6.04 Å². The van der Waals surface area contributed by atoms with Gasteiger partial charge in [-0.2, -0.15) is 4.98 Å². The maximum absolute atomic E-state index is 12.2. The van der Waals surface area contributed by atoms with E-state index in [0.717, 1.165) is 12.0 Å². The van der Waals surface area contributed by atoms with E-state index in [2.05, 4.69) is 25.8 Å². The second kappa shape index (κ2) is 9.07. The van der Waals surface area contributed by atoms with Crippen LogP contribution in [0.4, 0.5) is 0 Å². The monoisotopic (exact) mass is 359 g/mol. The number of nitrogens with one attached hydrogen (secondary N) is 2. The second-order valence-electron chi connectivity index (χ2n) is 6.51. The fourth-order valence-corrected chi connectivity index (χ4v) is 2.24. The van der Waals surface area contributed by atoms with Gasteiger partial charge < -0.3 is 15.2 Å². The molecule has 2 aromatic rings. The molecule has 8 heteroatoms. The maximum Gasteiger partial charge on any atom is 0.249 e. The fourth-order valence-electron chi connectivity index (χ4n) is 2.24. The summed E-state index contributed by atoms with van der Waals surface area (Å²) in [5.74, 6) is 0.240. The number of amides is 2. The highest BCUT2D eigenvalue weighted by atomic mass is 16.5. The summed E-state index contributed by atoms with van der Waals surface area (Å²) in [5, 5.41) is 9.45. The van der Waals surface area contributed by atoms with Gasteiger partial charge in [-0.05, 0) is 24.5 Å². The fraction of sp³-hybridized carbons (Fsp3) is 0.500. The van der Waals surface area contributed by atoms with Crippen molar-refractivity contribution in [1.82, 2.24) is 25.8 Å². The third-order valence-corrected chi connectivity index (χ3v) is 4.11. The molecule has 2 aromatic heterocycles. The second-order valence-corrected chi connectivity index (χ2v) is 6.51. The lowest BCUT2D eigenvalue weighted by Crippen LogP contribution is -2.41. The topological polar surface area (TPSA) is 110 Å². The molecule has 2 atom stereocenters. The molecular formula is C18H25N5O3. The summed E-state index contributed by atoms with van der Waals surface area (Å²) in [4.78, 5) is 32.3. The van der Waals surface area contributed by atoms with Crippen LogP contribution in [0.5, 0.6) is 0 Å². The Hall–Kier alpha value is -2.77. The average Bonchev–Trinajstić information content (AvgIpc) is 3.13. The van der Waals surface area contributed by atoms with Crippen LogP contribution in [0.2, 0.25) is 0 Å². The SMILES string of the molecule is CCC(C)C(=O)NCC(=O)NC(c1nc(-c2ccncc2)no1)C(C)C. The highest BCUT2D eigenvalue weighted by Crippen LogP contribution is 2.23. The Labute approximate surface area is 152 Å². The van der Waals surface area contributed by atoms with Crippen molar-refractivity contribution in [2.24, 2.45) is 11.8 Å². The van der Waals surface area contributed by atoms with Gasteiger partial charge in [-0.15, -0.1) is 0 Å². The van der Waals surface area contributed by atoms with Gasteiger partial charge in [0.1, 0.15) is 6.04 Å². The molecule has 0 fully saturated rings. The molecule has 2 rings (SSSR count). The quantitative estimate of drug-likeness (QED) is 0.747. The molecule has 0 aliphatic heterocycles. The van der Waals surface area contributed by atoms with Crippen molar-refractivity contribution in [2.75, 3.05) is 6.54 Å². The summed E-state index contributed by atoms with van der Waals surface area (Å²) in [5.41, 5.74) is 0.782. The predicted octanol–water partition coefficient (Wildman–Crippen LogP) is 2.11. The minimum atomic E-state index is -0.439. The van der Waals surface area contributed by atoms with Gasteiger partial charge in [0.25, 0.3) is 0 Å². The highest BCUT2D eigenvalue weighted by Gasteiger charge is 2.25. The Morgan fingerprint density at radius 2 is 1.88 bits per heavy atom. The Balaban J connectivity index is 2.02. The van der Waals surface area contributed by atoms with Crippen molar-refractivity contribution in [3.8, 4) is 11.4 Å². The summed E-state index contributed by atoms with van der Waals surface area (Å²) in [7, 11) is 0. The number of carbonyl (C=O) groups is 2. The molecule has 0 radical (unpaired) electrons. The first-order valence-electron chi connectivity index (χ1n) is 8.73. The normalized spacial score (nSPS) is 13.3. The van der Waals surface area contributed by atoms with E-state index in [9.17, 15) is 9.59 Å². The molecule has 0 saturated heterocycles. The summed E-state index contributed by atoms with van der Waals surface area (Å²) in [6.45, 7) is 7.55. The van der Waals surface area contributed by atoms with E-state index in [1.807, 2.05) is 27.7 Å². The van der Waals surface area contributed by atoms with Crippen LogP contribution in [0.15, 0.2) is 29.0 Å². The number of pyridine rings is 1. The van der Waals surface area contributed by atoms with Crippen LogP contribution >= 0.6 is 0 Å². The first-order valence-corrected chi connectivity index (χ1v) is 8.73. The van der Waals surface area contributed by atoms with Crippen LogP contribution in [0.3, 0.4) is 0 Å². The Morgan fingerprint density at radius 3 is 2.50 bits per heavy atom. The van der Waals surface area contributed by atoms with Gasteiger partial charge in [0.2, 0.25) is 23.5 Å². The zero-order valence-electron chi connectivity index (χ0n) is 15.5. The van der Waals surface area contributed by atoms with Crippen LogP contribution in [0.1, 0.15) is 46.0 Å². The minimum Gasteiger partial charge on any atom is -0.347 e. The predicted molar refractivity (Wildman–Crippen MR) is 95.7 cm³/mol. The van der Waals surface area contributed by atoms with E-state index in [1.54, 1.807) is 24.5 Å². The first kappa shape index (κ1) is 19.6. The zero-order valence-corrected chi connectivity index (χ0v) is 15.5. The van der Waals surface area contributed by atoms with Gasteiger partial charge in [-0.3, -0.25) is 14.6 Å². The molecule has 0 aliphatic carbocycles. The van der Waals surface area contributed by atoms with E-state index >= 15 is 0 Å².